The van der Waals surface area contributed by atoms with Crippen LogP contribution in [0.5, 0.6) is 0 Å². The zero-order chi connectivity index (χ0) is 15.6. The van der Waals surface area contributed by atoms with Crippen molar-refractivity contribution in [3.05, 3.63) is 17.7 Å². The normalized spacial score (nSPS) is 25.1. The van der Waals surface area contributed by atoms with E-state index in [9.17, 15) is 4.79 Å². The third-order valence-electron chi connectivity index (χ3n) is 5.31. The van der Waals surface area contributed by atoms with Crippen molar-refractivity contribution < 1.29 is 9.53 Å². The first-order chi connectivity index (χ1) is 11.3. The first kappa shape index (κ1) is 15.1. The molecule has 1 aliphatic carbocycles. The summed E-state index contributed by atoms with van der Waals surface area (Å²) in [5.41, 5.74) is 1.13. The minimum atomic E-state index is 0.182. The fraction of sp³-hybridized carbons (Fsp3) is 0.765. The molecule has 6 heteroatoms. The SMILES string of the molecule is O=C(CC1CC1)NCc1cnc2n1CCN([C@@H]1CCOC1)CC2. The van der Waals surface area contributed by atoms with Gasteiger partial charge in [-0.3, -0.25) is 9.69 Å². The van der Waals surface area contributed by atoms with Gasteiger partial charge in [-0.2, -0.15) is 0 Å². The molecule has 0 radical (unpaired) electrons. The highest BCUT2D eigenvalue weighted by molar-refractivity contribution is 5.76. The highest BCUT2D eigenvalue weighted by Crippen LogP contribution is 2.32. The van der Waals surface area contributed by atoms with Gasteiger partial charge >= 0.3 is 0 Å². The number of hydrogen-bond donors (Lipinski definition) is 1. The summed E-state index contributed by atoms with van der Waals surface area (Å²) in [4.78, 5) is 19.0. The van der Waals surface area contributed by atoms with Gasteiger partial charge in [-0.25, -0.2) is 4.98 Å². The molecule has 3 heterocycles. The molecule has 1 saturated heterocycles. The van der Waals surface area contributed by atoms with Gasteiger partial charge in [0.15, 0.2) is 0 Å². The van der Waals surface area contributed by atoms with Gasteiger partial charge in [-0.15, -0.1) is 0 Å². The quantitative estimate of drug-likeness (QED) is 0.878. The zero-order valence-electron chi connectivity index (χ0n) is 13.7. The topological polar surface area (TPSA) is 59.4 Å². The smallest absolute Gasteiger partial charge is 0.220 e. The van der Waals surface area contributed by atoms with Crippen LogP contribution in [-0.4, -0.2) is 52.7 Å². The van der Waals surface area contributed by atoms with Crippen molar-refractivity contribution in [3.8, 4) is 0 Å². The van der Waals surface area contributed by atoms with Gasteiger partial charge < -0.3 is 14.6 Å². The largest absolute Gasteiger partial charge is 0.380 e. The summed E-state index contributed by atoms with van der Waals surface area (Å²) >= 11 is 0. The predicted molar refractivity (Wildman–Crippen MR) is 85.9 cm³/mol. The molecule has 1 aromatic heterocycles. The summed E-state index contributed by atoms with van der Waals surface area (Å²) in [5, 5.41) is 3.06. The van der Waals surface area contributed by atoms with Crippen molar-refractivity contribution >= 4 is 5.91 Å². The lowest BCUT2D eigenvalue weighted by Crippen LogP contribution is -2.37. The van der Waals surface area contributed by atoms with E-state index in [1.54, 1.807) is 0 Å². The Morgan fingerprint density at radius 2 is 2.22 bits per heavy atom. The molecule has 23 heavy (non-hydrogen) atoms. The molecule has 1 amide bonds. The number of carbonyl (C=O) groups excluding carboxylic acids is 1. The molecule has 2 fully saturated rings. The molecule has 1 N–H and O–H groups in total. The second-order valence-electron chi connectivity index (χ2n) is 7.05. The molecule has 1 saturated carbocycles. The van der Waals surface area contributed by atoms with Crippen LogP contribution in [0.3, 0.4) is 0 Å². The van der Waals surface area contributed by atoms with Crippen LogP contribution in [-0.2, 0) is 29.0 Å². The monoisotopic (exact) mass is 318 g/mol. The van der Waals surface area contributed by atoms with E-state index in [2.05, 4.69) is 19.8 Å². The average Bonchev–Trinajstić information content (AvgIpc) is 3.10. The molecule has 1 atom stereocenters. The summed E-state index contributed by atoms with van der Waals surface area (Å²) in [6.07, 6.45) is 7.18. The summed E-state index contributed by atoms with van der Waals surface area (Å²) < 4.78 is 7.82. The summed E-state index contributed by atoms with van der Waals surface area (Å²) in [5.74, 6) is 1.97. The molecule has 126 valence electrons. The highest BCUT2D eigenvalue weighted by Gasteiger charge is 2.27. The van der Waals surface area contributed by atoms with E-state index in [0.29, 0.717) is 24.9 Å². The second kappa shape index (κ2) is 6.61. The van der Waals surface area contributed by atoms with E-state index >= 15 is 0 Å². The number of imidazole rings is 1. The van der Waals surface area contributed by atoms with Crippen molar-refractivity contribution in [1.29, 1.82) is 0 Å². The second-order valence-corrected chi connectivity index (χ2v) is 7.05. The van der Waals surface area contributed by atoms with Crippen LogP contribution in [0.25, 0.3) is 0 Å². The molecular weight excluding hydrogens is 292 g/mol. The van der Waals surface area contributed by atoms with Gasteiger partial charge in [-0.05, 0) is 25.2 Å². The molecule has 0 aromatic carbocycles. The lowest BCUT2D eigenvalue weighted by molar-refractivity contribution is -0.121. The third-order valence-corrected chi connectivity index (χ3v) is 5.31. The van der Waals surface area contributed by atoms with E-state index in [1.165, 1.54) is 12.8 Å². The van der Waals surface area contributed by atoms with Gasteiger partial charge in [0.1, 0.15) is 5.82 Å². The number of aromatic nitrogens is 2. The predicted octanol–water partition coefficient (Wildman–Crippen LogP) is 0.946. The highest BCUT2D eigenvalue weighted by atomic mass is 16.5. The maximum atomic E-state index is 11.9. The summed E-state index contributed by atoms with van der Waals surface area (Å²) in [6, 6.07) is 0.571. The van der Waals surface area contributed by atoms with E-state index in [4.69, 9.17) is 4.74 Å². The Kier molecular flexibility index (Phi) is 4.35. The average molecular weight is 318 g/mol. The minimum absolute atomic E-state index is 0.182. The number of amides is 1. The molecular formula is C17H26N4O2. The Hall–Kier alpha value is -1.40. The Morgan fingerprint density at radius 3 is 3.00 bits per heavy atom. The number of ether oxygens (including phenoxy) is 1. The van der Waals surface area contributed by atoms with Gasteiger partial charge in [0.2, 0.25) is 5.91 Å². The van der Waals surface area contributed by atoms with Gasteiger partial charge in [0.05, 0.1) is 25.0 Å². The standard InChI is InChI=1S/C17H26N4O2/c22-17(9-13-1-2-13)19-11-15-10-18-16-3-5-20(6-7-21(15)16)14-4-8-23-12-14/h10,13-14H,1-9,11-12H2,(H,19,22)/t14-/m1/s1. The lowest BCUT2D eigenvalue weighted by atomic mass is 10.2. The molecule has 0 unspecified atom stereocenters. The van der Waals surface area contributed by atoms with E-state index in [-0.39, 0.29) is 5.91 Å². The number of hydrogen-bond acceptors (Lipinski definition) is 4. The van der Waals surface area contributed by atoms with Crippen molar-refractivity contribution in [2.45, 2.75) is 51.2 Å². The number of nitrogens with one attached hydrogen (secondary N) is 1. The molecule has 0 bridgehead atoms. The molecule has 6 nitrogen and oxygen atoms in total. The van der Waals surface area contributed by atoms with E-state index < -0.39 is 0 Å². The van der Waals surface area contributed by atoms with Crippen molar-refractivity contribution in [1.82, 2.24) is 19.8 Å². The first-order valence-corrected chi connectivity index (χ1v) is 8.91. The Morgan fingerprint density at radius 1 is 1.30 bits per heavy atom. The van der Waals surface area contributed by atoms with Crippen molar-refractivity contribution in [3.63, 3.8) is 0 Å². The number of fused-ring (bicyclic) bond motifs is 1. The van der Waals surface area contributed by atoms with Crippen LogP contribution >= 0.6 is 0 Å². The number of rotatable bonds is 5. The van der Waals surface area contributed by atoms with Gasteiger partial charge in [-0.1, -0.05) is 0 Å². The number of nitrogens with zero attached hydrogens (tertiary/aromatic N) is 3. The molecule has 1 aromatic rings. The van der Waals surface area contributed by atoms with Gasteiger partial charge in [0.25, 0.3) is 0 Å². The summed E-state index contributed by atoms with van der Waals surface area (Å²) in [6.45, 7) is 5.42. The minimum Gasteiger partial charge on any atom is -0.380 e. The first-order valence-electron chi connectivity index (χ1n) is 8.91. The molecule has 2 aliphatic heterocycles. The van der Waals surface area contributed by atoms with Crippen LogP contribution in [0, 0.1) is 5.92 Å². The van der Waals surface area contributed by atoms with Crippen LogP contribution in [0.2, 0.25) is 0 Å². The maximum Gasteiger partial charge on any atom is 0.220 e. The fourth-order valence-electron chi connectivity index (χ4n) is 3.67. The Labute approximate surface area is 137 Å². The van der Waals surface area contributed by atoms with E-state index in [1.807, 2.05) is 6.20 Å². The van der Waals surface area contributed by atoms with Crippen LogP contribution in [0.4, 0.5) is 0 Å². The maximum absolute atomic E-state index is 11.9. The zero-order valence-corrected chi connectivity index (χ0v) is 13.7. The fourth-order valence-corrected chi connectivity index (χ4v) is 3.67. The molecule has 0 spiro atoms. The number of carbonyl (C=O) groups is 1. The molecule has 4 rings (SSSR count). The Bertz CT molecular complexity index is 561. The van der Waals surface area contributed by atoms with E-state index in [0.717, 1.165) is 57.2 Å². The molecule has 3 aliphatic rings. The van der Waals surface area contributed by atoms with Gasteiger partial charge in [0, 0.05) is 45.1 Å². The van der Waals surface area contributed by atoms with Crippen LogP contribution < -0.4 is 5.32 Å². The lowest BCUT2D eigenvalue weighted by Gasteiger charge is -2.25. The summed E-state index contributed by atoms with van der Waals surface area (Å²) in [7, 11) is 0. The van der Waals surface area contributed by atoms with Crippen molar-refractivity contribution in [2.24, 2.45) is 5.92 Å². The Balaban J connectivity index is 1.34. The third kappa shape index (κ3) is 3.58. The van der Waals surface area contributed by atoms with Crippen LogP contribution in [0.1, 0.15) is 37.2 Å². The van der Waals surface area contributed by atoms with Crippen molar-refractivity contribution in [2.75, 3.05) is 26.3 Å². The van der Waals surface area contributed by atoms with Crippen LogP contribution in [0.15, 0.2) is 6.20 Å².